The van der Waals surface area contributed by atoms with Gasteiger partial charge < -0.3 is 19.7 Å². The summed E-state index contributed by atoms with van der Waals surface area (Å²) in [6.07, 6.45) is -1.00. The zero-order valence-corrected chi connectivity index (χ0v) is 15.4. The van der Waals surface area contributed by atoms with Crippen molar-refractivity contribution in [3.8, 4) is 11.8 Å². The Labute approximate surface area is 161 Å². The highest BCUT2D eigenvalue weighted by Gasteiger charge is 2.29. The normalized spacial score (nSPS) is 21.9. The summed E-state index contributed by atoms with van der Waals surface area (Å²) in [5.74, 6) is -1.43. The Bertz CT molecular complexity index is 873. The van der Waals surface area contributed by atoms with Crippen LogP contribution >= 0.6 is 0 Å². The van der Waals surface area contributed by atoms with Gasteiger partial charge in [-0.1, -0.05) is 12.1 Å². The Morgan fingerprint density at radius 1 is 1.21 bits per heavy atom. The van der Waals surface area contributed by atoms with Crippen LogP contribution in [0.5, 0.6) is 5.75 Å². The highest BCUT2D eigenvalue weighted by atomic mass is 19.1. The largest absolute Gasteiger partial charge is 0.497 e. The predicted molar refractivity (Wildman–Crippen MR) is 96.8 cm³/mol. The minimum absolute atomic E-state index is 0.0765. The first-order valence-electron chi connectivity index (χ1n) is 8.94. The molecule has 0 aromatic heterocycles. The van der Waals surface area contributed by atoms with E-state index in [2.05, 4.69) is 0 Å². The van der Waals surface area contributed by atoms with E-state index < -0.39 is 29.9 Å². The van der Waals surface area contributed by atoms with E-state index in [4.69, 9.17) is 9.47 Å². The van der Waals surface area contributed by atoms with Crippen LogP contribution < -0.4 is 4.74 Å². The van der Waals surface area contributed by atoms with Crippen LogP contribution in [0.4, 0.5) is 8.78 Å². The van der Waals surface area contributed by atoms with E-state index in [1.165, 1.54) is 7.11 Å². The number of halogens is 2. The predicted octanol–water partition coefficient (Wildman–Crippen LogP) is 3.01. The number of rotatable bonds is 5. The summed E-state index contributed by atoms with van der Waals surface area (Å²) < 4.78 is 39.3. The molecule has 2 aromatic carbocycles. The number of benzene rings is 2. The third-order valence-corrected chi connectivity index (χ3v) is 4.92. The van der Waals surface area contributed by atoms with Gasteiger partial charge in [-0.15, -0.1) is 0 Å². The van der Waals surface area contributed by atoms with Gasteiger partial charge in [-0.05, 0) is 17.2 Å². The highest BCUT2D eigenvalue weighted by Crippen LogP contribution is 2.33. The van der Waals surface area contributed by atoms with E-state index in [0.717, 1.165) is 12.1 Å². The van der Waals surface area contributed by atoms with E-state index >= 15 is 0 Å². The van der Waals surface area contributed by atoms with Crippen LogP contribution in [0.15, 0.2) is 30.3 Å². The van der Waals surface area contributed by atoms with Gasteiger partial charge in [-0.3, -0.25) is 0 Å². The van der Waals surface area contributed by atoms with Gasteiger partial charge in [0.2, 0.25) is 0 Å². The van der Waals surface area contributed by atoms with Crippen LogP contribution in [0.3, 0.4) is 0 Å². The molecular weight excluding hydrogens is 368 g/mol. The molecular formula is C21H21F2NO4. The van der Waals surface area contributed by atoms with Crippen molar-refractivity contribution in [1.82, 2.24) is 0 Å². The minimum atomic E-state index is -0.754. The molecule has 0 unspecified atom stereocenters. The second-order valence-corrected chi connectivity index (χ2v) is 6.83. The quantitative estimate of drug-likeness (QED) is 0.822. The topological polar surface area (TPSA) is 82.7 Å². The molecule has 0 bridgehead atoms. The van der Waals surface area contributed by atoms with Crippen LogP contribution in [-0.4, -0.2) is 36.1 Å². The Balaban J connectivity index is 1.94. The molecule has 2 N–H and O–H groups in total. The number of nitriles is 1. The third-order valence-electron chi connectivity index (χ3n) is 4.92. The molecule has 0 spiro atoms. The van der Waals surface area contributed by atoms with Crippen molar-refractivity contribution < 1.29 is 28.5 Å². The Kier molecular flexibility index (Phi) is 6.25. The number of methoxy groups -OCH3 is 1. The number of nitrogens with zero attached hydrogens (tertiary/aromatic N) is 1. The van der Waals surface area contributed by atoms with Gasteiger partial charge in [0.1, 0.15) is 17.4 Å². The summed E-state index contributed by atoms with van der Waals surface area (Å²) in [5, 5.41) is 28.7. The average molecular weight is 389 g/mol. The lowest BCUT2D eigenvalue weighted by molar-refractivity contribution is -0.113. The van der Waals surface area contributed by atoms with Crippen LogP contribution in [-0.2, 0) is 11.2 Å². The lowest BCUT2D eigenvalue weighted by atomic mass is 9.92. The molecule has 3 rings (SSSR count). The lowest BCUT2D eigenvalue weighted by Gasteiger charge is -2.32. The molecule has 2 aromatic rings. The highest BCUT2D eigenvalue weighted by molar-refractivity contribution is 5.44. The van der Waals surface area contributed by atoms with Crippen LogP contribution in [0.2, 0.25) is 0 Å². The van der Waals surface area contributed by atoms with Gasteiger partial charge >= 0.3 is 0 Å². The fourth-order valence-electron chi connectivity index (χ4n) is 3.45. The van der Waals surface area contributed by atoms with Crippen molar-refractivity contribution in [2.75, 3.05) is 13.7 Å². The first-order valence-corrected chi connectivity index (χ1v) is 8.94. The SMILES string of the molecule is COc1cc(F)c(Cc2cc([C@H]3C[C@@H](O)C[C@@H](CO)O3)ccc2C#N)c(F)c1. The molecule has 1 saturated heterocycles. The third kappa shape index (κ3) is 4.30. The maximum absolute atomic E-state index is 14.3. The lowest BCUT2D eigenvalue weighted by Crippen LogP contribution is -2.33. The Morgan fingerprint density at radius 2 is 1.93 bits per heavy atom. The van der Waals surface area contributed by atoms with Gasteiger partial charge in [0, 0.05) is 37.0 Å². The first-order chi connectivity index (χ1) is 13.4. The van der Waals surface area contributed by atoms with E-state index in [9.17, 15) is 24.3 Å². The molecule has 3 atom stereocenters. The van der Waals surface area contributed by atoms with Crippen molar-refractivity contribution in [2.24, 2.45) is 0 Å². The van der Waals surface area contributed by atoms with E-state index in [1.54, 1.807) is 18.2 Å². The fraction of sp³-hybridized carbons (Fsp3) is 0.381. The van der Waals surface area contributed by atoms with Crippen molar-refractivity contribution in [2.45, 2.75) is 37.6 Å². The molecule has 0 amide bonds. The number of hydrogen-bond donors (Lipinski definition) is 2. The number of hydrogen-bond acceptors (Lipinski definition) is 5. The smallest absolute Gasteiger partial charge is 0.133 e. The zero-order valence-electron chi connectivity index (χ0n) is 15.4. The maximum Gasteiger partial charge on any atom is 0.133 e. The summed E-state index contributed by atoms with van der Waals surface area (Å²) >= 11 is 0. The molecule has 1 aliphatic rings. The summed E-state index contributed by atoms with van der Waals surface area (Å²) in [7, 11) is 1.32. The van der Waals surface area contributed by atoms with Gasteiger partial charge in [-0.25, -0.2) is 8.78 Å². The summed E-state index contributed by atoms with van der Waals surface area (Å²) in [4.78, 5) is 0. The molecule has 1 fully saturated rings. The molecule has 28 heavy (non-hydrogen) atoms. The summed E-state index contributed by atoms with van der Waals surface area (Å²) in [6, 6.07) is 9.16. The van der Waals surface area contributed by atoms with Gasteiger partial charge in [0.05, 0.1) is 43.7 Å². The van der Waals surface area contributed by atoms with Crippen molar-refractivity contribution >= 4 is 0 Å². The molecule has 7 heteroatoms. The van der Waals surface area contributed by atoms with Gasteiger partial charge in [0.25, 0.3) is 0 Å². The van der Waals surface area contributed by atoms with Gasteiger partial charge in [-0.2, -0.15) is 5.26 Å². The first kappa shape index (κ1) is 20.2. The number of ether oxygens (including phenoxy) is 2. The molecule has 5 nitrogen and oxygen atoms in total. The van der Waals surface area contributed by atoms with E-state index in [0.29, 0.717) is 29.5 Å². The molecule has 1 aliphatic heterocycles. The molecule has 148 valence electrons. The van der Waals surface area contributed by atoms with Crippen molar-refractivity contribution in [1.29, 1.82) is 5.26 Å². The molecule has 0 radical (unpaired) electrons. The van der Waals surface area contributed by atoms with E-state index in [-0.39, 0.29) is 24.3 Å². The number of aliphatic hydroxyl groups excluding tert-OH is 2. The van der Waals surface area contributed by atoms with Crippen LogP contribution in [0.25, 0.3) is 0 Å². The second kappa shape index (κ2) is 8.65. The van der Waals surface area contributed by atoms with Crippen molar-refractivity contribution in [3.63, 3.8) is 0 Å². The summed E-state index contributed by atoms with van der Waals surface area (Å²) in [5.41, 5.74) is 1.27. The monoisotopic (exact) mass is 389 g/mol. The van der Waals surface area contributed by atoms with Crippen LogP contribution in [0, 0.1) is 23.0 Å². The zero-order chi connectivity index (χ0) is 20.3. The molecule has 0 aliphatic carbocycles. The second-order valence-electron chi connectivity index (χ2n) is 6.83. The fourth-order valence-corrected chi connectivity index (χ4v) is 3.45. The minimum Gasteiger partial charge on any atom is -0.497 e. The average Bonchev–Trinajstić information content (AvgIpc) is 2.69. The van der Waals surface area contributed by atoms with Crippen LogP contribution in [0.1, 0.15) is 41.2 Å². The van der Waals surface area contributed by atoms with E-state index in [1.807, 2.05) is 6.07 Å². The summed E-state index contributed by atoms with van der Waals surface area (Å²) in [6.45, 7) is -0.209. The Morgan fingerprint density at radius 3 is 2.54 bits per heavy atom. The van der Waals surface area contributed by atoms with Crippen molar-refractivity contribution in [3.05, 3.63) is 64.2 Å². The maximum atomic E-state index is 14.3. The van der Waals surface area contributed by atoms with Gasteiger partial charge in [0.15, 0.2) is 0 Å². The molecule has 1 heterocycles. The standard InChI is InChI=1S/C21H21F2NO4/c1-27-16-8-19(22)18(20(23)9-16)5-14-4-12(2-3-13(14)10-24)21-7-15(26)6-17(11-25)28-21/h2-4,8-9,15,17,21,25-26H,5-7,11H2,1H3/t15-,17-,21+/m0/s1. The molecule has 0 saturated carbocycles. The Hall–Kier alpha value is -2.53. The number of aliphatic hydroxyl groups is 2.